The molecule has 0 heterocycles. The third-order valence-electron chi connectivity index (χ3n) is 7.85. The highest BCUT2D eigenvalue weighted by molar-refractivity contribution is 7.98. The first-order valence-corrected chi connectivity index (χ1v) is 17.3. The second-order valence-corrected chi connectivity index (χ2v) is 13.5. The van der Waals surface area contributed by atoms with Gasteiger partial charge in [-0.3, -0.25) is 13.9 Å². The van der Waals surface area contributed by atoms with Crippen LogP contribution in [0.3, 0.4) is 0 Å². The summed E-state index contributed by atoms with van der Waals surface area (Å²) in [6.07, 6.45) is 6.28. The van der Waals surface area contributed by atoms with Crippen LogP contribution in [0.1, 0.15) is 50.2 Å². The Morgan fingerprint density at radius 1 is 0.977 bits per heavy atom. The molecule has 1 N–H and O–H groups in total. The van der Waals surface area contributed by atoms with Gasteiger partial charge in [-0.1, -0.05) is 49.6 Å². The average Bonchev–Trinajstić information content (AvgIpc) is 3.53. The fourth-order valence-electron chi connectivity index (χ4n) is 5.33. The van der Waals surface area contributed by atoms with E-state index in [1.54, 1.807) is 55.6 Å². The van der Waals surface area contributed by atoms with Crippen molar-refractivity contribution in [3.05, 3.63) is 83.9 Å². The normalized spacial score (nSPS) is 14.2. The first kappa shape index (κ1) is 32.4. The number of sulfonamides is 1. The average molecular weight is 624 g/mol. The monoisotopic (exact) mass is 623 g/mol. The zero-order chi connectivity index (χ0) is 31.0. The molecule has 0 unspecified atom stereocenters. The number of hydrogen-bond donors (Lipinski definition) is 1. The van der Waals surface area contributed by atoms with Gasteiger partial charge in [0.25, 0.3) is 10.0 Å². The Bertz CT molecular complexity index is 1470. The van der Waals surface area contributed by atoms with Crippen molar-refractivity contribution in [3.8, 4) is 5.75 Å². The molecule has 3 aromatic rings. The number of carbonyl (C=O) groups is 2. The molecule has 0 bridgehead atoms. The fraction of sp³-hybridized carbons (Fsp3) is 0.394. The van der Waals surface area contributed by atoms with Gasteiger partial charge in [-0.2, -0.15) is 0 Å². The molecule has 1 atom stereocenters. The molecule has 3 aromatic carbocycles. The maximum atomic E-state index is 14.3. The Morgan fingerprint density at radius 2 is 1.60 bits per heavy atom. The molecule has 0 aliphatic heterocycles. The fourth-order valence-corrected chi connectivity index (χ4v) is 7.15. The van der Waals surface area contributed by atoms with Crippen LogP contribution in [0.25, 0.3) is 0 Å². The summed E-state index contributed by atoms with van der Waals surface area (Å²) in [5.74, 6) is -0.000409. The van der Waals surface area contributed by atoms with Crippen LogP contribution in [0, 0.1) is 6.92 Å². The van der Waals surface area contributed by atoms with Gasteiger partial charge in [0.2, 0.25) is 11.8 Å². The lowest BCUT2D eigenvalue weighted by Gasteiger charge is -2.33. The molecular weight excluding hydrogens is 583 g/mol. The summed E-state index contributed by atoms with van der Waals surface area (Å²) in [4.78, 5) is 30.4. The number of ether oxygens (including phenoxy) is 1. The minimum absolute atomic E-state index is 0.0893. The highest BCUT2D eigenvalue weighted by Gasteiger charge is 2.34. The summed E-state index contributed by atoms with van der Waals surface area (Å²) < 4.78 is 34.6. The van der Waals surface area contributed by atoms with E-state index in [1.165, 1.54) is 16.7 Å². The van der Waals surface area contributed by atoms with E-state index in [0.717, 1.165) is 46.0 Å². The van der Waals surface area contributed by atoms with E-state index < -0.39 is 28.5 Å². The van der Waals surface area contributed by atoms with Crippen LogP contribution < -0.4 is 14.4 Å². The molecule has 0 saturated heterocycles. The smallest absolute Gasteiger partial charge is 0.264 e. The van der Waals surface area contributed by atoms with E-state index >= 15 is 0 Å². The molecule has 1 aliphatic carbocycles. The lowest BCUT2D eigenvalue weighted by atomic mass is 10.1. The molecule has 2 amide bonds. The maximum absolute atomic E-state index is 14.3. The summed E-state index contributed by atoms with van der Waals surface area (Å²) in [7, 11) is -2.53. The van der Waals surface area contributed by atoms with Gasteiger partial charge >= 0.3 is 0 Å². The van der Waals surface area contributed by atoms with Gasteiger partial charge in [-0.15, -0.1) is 11.8 Å². The zero-order valence-corrected chi connectivity index (χ0v) is 26.9. The molecule has 230 valence electrons. The van der Waals surface area contributed by atoms with Gasteiger partial charge in [0.1, 0.15) is 18.3 Å². The summed E-state index contributed by atoms with van der Waals surface area (Å²) >= 11 is 1.52. The number of methoxy groups -OCH3 is 1. The third-order valence-corrected chi connectivity index (χ3v) is 10.4. The summed E-state index contributed by atoms with van der Waals surface area (Å²) in [6, 6.07) is 20.3. The van der Waals surface area contributed by atoms with E-state index in [0.29, 0.717) is 17.9 Å². The first-order valence-electron chi connectivity index (χ1n) is 14.6. The molecule has 4 rings (SSSR count). The van der Waals surface area contributed by atoms with Crippen LogP contribution in [-0.2, 0) is 26.2 Å². The summed E-state index contributed by atoms with van der Waals surface area (Å²) in [5, 5.41) is 3.14. The third kappa shape index (κ3) is 8.12. The van der Waals surface area contributed by atoms with E-state index in [1.807, 2.05) is 44.4 Å². The van der Waals surface area contributed by atoms with E-state index in [9.17, 15) is 18.0 Å². The maximum Gasteiger partial charge on any atom is 0.264 e. The number of rotatable bonds is 13. The highest BCUT2D eigenvalue weighted by Crippen LogP contribution is 2.27. The first-order chi connectivity index (χ1) is 20.7. The molecule has 8 nitrogen and oxygen atoms in total. The van der Waals surface area contributed by atoms with Crippen LogP contribution in [-0.4, -0.2) is 57.1 Å². The summed E-state index contributed by atoms with van der Waals surface area (Å²) in [5.41, 5.74) is 2.15. The Morgan fingerprint density at radius 3 is 2.16 bits per heavy atom. The van der Waals surface area contributed by atoms with Crippen LogP contribution in [0.4, 0.5) is 5.69 Å². The minimum atomic E-state index is -4.11. The Balaban J connectivity index is 1.70. The van der Waals surface area contributed by atoms with E-state index in [2.05, 4.69) is 5.32 Å². The lowest BCUT2D eigenvalue weighted by Crippen LogP contribution is -2.53. The topological polar surface area (TPSA) is 96.0 Å². The molecule has 10 heteroatoms. The number of anilines is 1. The van der Waals surface area contributed by atoms with Gasteiger partial charge in [0.05, 0.1) is 17.7 Å². The van der Waals surface area contributed by atoms with Crippen LogP contribution >= 0.6 is 11.8 Å². The van der Waals surface area contributed by atoms with Crippen molar-refractivity contribution in [1.82, 2.24) is 10.2 Å². The Hall–Kier alpha value is -3.50. The molecule has 0 radical (unpaired) electrons. The predicted molar refractivity (Wildman–Crippen MR) is 172 cm³/mol. The van der Waals surface area contributed by atoms with Crippen molar-refractivity contribution in [2.75, 3.05) is 24.2 Å². The highest BCUT2D eigenvalue weighted by atomic mass is 32.2. The number of hydrogen-bond acceptors (Lipinski definition) is 6. The quantitative estimate of drug-likeness (QED) is 0.242. The van der Waals surface area contributed by atoms with Gasteiger partial charge in [-0.25, -0.2) is 8.42 Å². The van der Waals surface area contributed by atoms with Crippen LogP contribution in [0.2, 0.25) is 0 Å². The number of thioether (sulfide) groups is 1. The van der Waals surface area contributed by atoms with Gasteiger partial charge in [-0.05, 0) is 86.5 Å². The molecular formula is C33H41N3O5S2. The second kappa shape index (κ2) is 14.8. The van der Waals surface area contributed by atoms with E-state index in [4.69, 9.17) is 4.74 Å². The van der Waals surface area contributed by atoms with Crippen molar-refractivity contribution in [3.63, 3.8) is 0 Å². The largest absolute Gasteiger partial charge is 0.497 e. The Kier molecular flexibility index (Phi) is 11.2. The molecule has 1 aliphatic rings. The summed E-state index contributed by atoms with van der Waals surface area (Å²) in [6.45, 7) is 3.47. The number of aryl methyl sites for hydroxylation is 1. The van der Waals surface area contributed by atoms with Crippen molar-refractivity contribution >= 4 is 39.3 Å². The molecule has 0 spiro atoms. The SMILES string of the molecule is CC[C@@H](C(=O)NC1CCCC1)N(Cc1ccc(OC)cc1)C(=O)CN(c1ccc(C)cc1)S(=O)(=O)c1ccc(SC)cc1. The second-order valence-electron chi connectivity index (χ2n) is 10.8. The Labute approximate surface area is 259 Å². The van der Waals surface area contributed by atoms with Crippen molar-refractivity contribution in [2.24, 2.45) is 0 Å². The van der Waals surface area contributed by atoms with Gasteiger partial charge in [0.15, 0.2) is 0 Å². The zero-order valence-electron chi connectivity index (χ0n) is 25.3. The molecule has 1 fully saturated rings. The number of benzene rings is 3. The minimum Gasteiger partial charge on any atom is -0.497 e. The van der Waals surface area contributed by atoms with Crippen LogP contribution in [0.5, 0.6) is 5.75 Å². The number of carbonyl (C=O) groups excluding carboxylic acids is 2. The molecule has 43 heavy (non-hydrogen) atoms. The van der Waals surface area contributed by atoms with Crippen LogP contribution in [0.15, 0.2) is 82.6 Å². The predicted octanol–water partition coefficient (Wildman–Crippen LogP) is 5.79. The van der Waals surface area contributed by atoms with Crippen molar-refractivity contribution < 1.29 is 22.7 Å². The van der Waals surface area contributed by atoms with Gasteiger partial charge in [0, 0.05) is 17.5 Å². The lowest BCUT2D eigenvalue weighted by molar-refractivity contribution is -0.140. The van der Waals surface area contributed by atoms with Gasteiger partial charge < -0.3 is 15.0 Å². The van der Waals surface area contributed by atoms with Crippen molar-refractivity contribution in [1.29, 1.82) is 0 Å². The molecule has 0 aromatic heterocycles. The van der Waals surface area contributed by atoms with Crippen molar-refractivity contribution in [2.45, 2.75) is 74.4 Å². The number of nitrogens with one attached hydrogen (secondary N) is 1. The standard InChI is InChI=1S/C33H41N3O5S2/c1-5-31(33(38)34-26-8-6-7-9-26)35(22-25-12-16-28(41-3)17-13-25)32(37)23-36(27-14-10-24(2)11-15-27)43(39,40)30-20-18-29(42-4)19-21-30/h10-21,26,31H,5-9,22-23H2,1-4H3,(H,34,38)/t31-/m0/s1. The number of nitrogens with zero attached hydrogens (tertiary/aromatic N) is 2. The van der Waals surface area contributed by atoms with E-state index in [-0.39, 0.29) is 23.4 Å². The molecule has 1 saturated carbocycles. The number of amides is 2.